The third-order valence-electron chi connectivity index (χ3n) is 4.35. The molecule has 7 heteroatoms. The highest BCUT2D eigenvalue weighted by Gasteiger charge is 2.39. The molecular formula is C18H16F2IN3O. The minimum atomic E-state index is -1.63. The molecule has 0 bridgehead atoms. The van der Waals surface area contributed by atoms with Crippen LogP contribution in [0.3, 0.4) is 0 Å². The molecule has 0 unspecified atom stereocenters. The van der Waals surface area contributed by atoms with Crippen molar-refractivity contribution < 1.29 is 13.9 Å². The van der Waals surface area contributed by atoms with Crippen LogP contribution in [0.2, 0.25) is 0 Å². The van der Waals surface area contributed by atoms with E-state index < -0.39 is 23.2 Å². The Hall–Kier alpha value is -1.87. The van der Waals surface area contributed by atoms with Gasteiger partial charge in [-0.05, 0) is 46.4 Å². The summed E-state index contributed by atoms with van der Waals surface area (Å²) in [5.41, 5.74) is -0.764. The molecule has 0 saturated heterocycles. The Balaban J connectivity index is 2.09. The number of rotatable bonds is 5. The standard InChI is InChI=1S/C18H16F2IN3O/c1-12(13-2-5-15(21)6-3-13)18(25,9-24-11-22-10-23-24)16-7-4-14(19)8-17(16)20/h2-8,10-12,25H,9H2,1H3/t12-,18+/m0/s1. The van der Waals surface area contributed by atoms with Gasteiger partial charge in [-0.25, -0.2) is 18.4 Å². The van der Waals surface area contributed by atoms with Gasteiger partial charge in [0.2, 0.25) is 0 Å². The Morgan fingerprint density at radius 1 is 1.20 bits per heavy atom. The fourth-order valence-electron chi connectivity index (χ4n) is 2.88. The molecule has 1 N–H and O–H groups in total. The van der Waals surface area contributed by atoms with E-state index in [2.05, 4.69) is 32.7 Å². The zero-order valence-corrected chi connectivity index (χ0v) is 15.6. The van der Waals surface area contributed by atoms with Gasteiger partial charge in [-0.15, -0.1) is 0 Å². The summed E-state index contributed by atoms with van der Waals surface area (Å²) < 4.78 is 30.3. The highest BCUT2D eigenvalue weighted by atomic mass is 127. The van der Waals surface area contributed by atoms with Crippen LogP contribution in [0.1, 0.15) is 24.0 Å². The fourth-order valence-corrected chi connectivity index (χ4v) is 3.24. The number of benzene rings is 2. The molecule has 1 aromatic heterocycles. The molecule has 25 heavy (non-hydrogen) atoms. The lowest BCUT2D eigenvalue weighted by atomic mass is 9.78. The molecule has 0 aliphatic carbocycles. The molecule has 1 heterocycles. The lowest BCUT2D eigenvalue weighted by Gasteiger charge is -2.35. The average Bonchev–Trinajstić information content (AvgIpc) is 3.07. The Labute approximate surface area is 157 Å². The normalized spacial score (nSPS) is 14.9. The third kappa shape index (κ3) is 3.72. The number of halogens is 3. The van der Waals surface area contributed by atoms with E-state index in [0.717, 1.165) is 21.3 Å². The molecule has 2 aromatic carbocycles. The topological polar surface area (TPSA) is 50.9 Å². The van der Waals surface area contributed by atoms with Crippen molar-refractivity contribution >= 4 is 22.6 Å². The molecule has 0 fully saturated rings. The number of aromatic nitrogens is 3. The van der Waals surface area contributed by atoms with Crippen molar-refractivity contribution in [3.05, 3.63) is 81.5 Å². The molecule has 2 atom stereocenters. The van der Waals surface area contributed by atoms with Gasteiger partial charge in [0.15, 0.2) is 0 Å². The maximum absolute atomic E-state index is 14.5. The minimum Gasteiger partial charge on any atom is -0.382 e. The Bertz CT molecular complexity index is 855. The van der Waals surface area contributed by atoms with Crippen LogP contribution in [0, 0.1) is 15.2 Å². The van der Waals surface area contributed by atoms with E-state index in [1.54, 1.807) is 0 Å². The summed E-state index contributed by atoms with van der Waals surface area (Å²) in [6.45, 7) is 1.80. The molecule has 0 spiro atoms. The van der Waals surface area contributed by atoms with Gasteiger partial charge in [0, 0.05) is 21.1 Å². The van der Waals surface area contributed by atoms with E-state index in [4.69, 9.17) is 0 Å². The van der Waals surface area contributed by atoms with Crippen LogP contribution in [0.15, 0.2) is 55.1 Å². The Kier molecular flexibility index (Phi) is 5.14. The molecule has 0 radical (unpaired) electrons. The van der Waals surface area contributed by atoms with Crippen LogP contribution in [0.4, 0.5) is 8.78 Å². The van der Waals surface area contributed by atoms with Gasteiger partial charge in [-0.2, -0.15) is 5.10 Å². The van der Waals surface area contributed by atoms with E-state index in [1.807, 2.05) is 31.2 Å². The summed E-state index contributed by atoms with van der Waals surface area (Å²) in [6.07, 6.45) is 2.80. The van der Waals surface area contributed by atoms with E-state index >= 15 is 0 Å². The predicted octanol–water partition coefficient (Wildman–Crippen LogP) is 3.85. The fraction of sp³-hybridized carbons (Fsp3) is 0.222. The molecule has 3 rings (SSSR count). The molecule has 0 aliphatic rings. The quantitative estimate of drug-likeness (QED) is 0.595. The summed E-state index contributed by atoms with van der Waals surface area (Å²) in [6, 6.07) is 10.8. The van der Waals surface area contributed by atoms with Crippen molar-refractivity contribution in [3.8, 4) is 0 Å². The van der Waals surface area contributed by atoms with Crippen LogP contribution in [-0.2, 0) is 12.1 Å². The van der Waals surface area contributed by atoms with Gasteiger partial charge in [0.1, 0.15) is 29.9 Å². The molecule has 0 amide bonds. The zero-order chi connectivity index (χ0) is 18.0. The highest BCUT2D eigenvalue weighted by Crippen LogP contribution is 2.39. The largest absolute Gasteiger partial charge is 0.382 e. The summed E-state index contributed by atoms with van der Waals surface area (Å²) in [5.74, 6) is -1.94. The lowest BCUT2D eigenvalue weighted by Crippen LogP contribution is -2.38. The third-order valence-corrected chi connectivity index (χ3v) is 5.07. The average molecular weight is 455 g/mol. The maximum Gasteiger partial charge on any atom is 0.137 e. The number of nitrogens with zero attached hydrogens (tertiary/aromatic N) is 3. The summed E-state index contributed by atoms with van der Waals surface area (Å²) in [4.78, 5) is 3.87. The summed E-state index contributed by atoms with van der Waals surface area (Å²) in [5, 5.41) is 15.5. The first-order valence-corrected chi connectivity index (χ1v) is 8.74. The minimum absolute atomic E-state index is 0.0112. The monoisotopic (exact) mass is 455 g/mol. The van der Waals surface area contributed by atoms with Gasteiger partial charge >= 0.3 is 0 Å². The maximum atomic E-state index is 14.5. The smallest absolute Gasteiger partial charge is 0.137 e. The number of hydrogen-bond donors (Lipinski definition) is 1. The number of hydrogen-bond acceptors (Lipinski definition) is 3. The summed E-state index contributed by atoms with van der Waals surface area (Å²) >= 11 is 2.19. The van der Waals surface area contributed by atoms with Crippen LogP contribution in [0.5, 0.6) is 0 Å². The van der Waals surface area contributed by atoms with E-state index in [1.165, 1.54) is 23.4 Å². The molecule has 0 saturated carbocycles. The van der Waals surface area contributed by atoms with Crippen LogP contribution in [0.25, 0.3) is 0 Å². The van der Waals surface area contributed by atoms with Crippen molar-refractivity contribution in [1.29, 1.82) is 0 Å². The molecule has 4 nitrogen and oxygen atoms in total. The second-order valence-corrected chi connectivity index (χ2v) is 7.16. The van der Waals surface area contributed by atoms with Gasteiger partial charge in [0.05, 0.1) is 6.54 Å². The first-order chi connectivity index (χ1) is 11.9. The predicted molar refractivity (Wildman–Crippen MR) is 97.9 cm³/mol. The van der Waals surface area contributed by atoms with E-state index in [-0.39, 0.29) is 12.1 Å². The summed E-state index contributed by atoms with van der Waals surface area (Å²) in [7, 11) is 0. The number of aliphatic hydroxyl groups is 1. The lowest BCUT2D eigenvalue weighted by molar-refractivity contribution is -0.0112. The van der Waals surface area contributed by atoms with E-state index in [9.17, 15) is 13.9 Å². The molecular weight excluding hydrogens is 439 g/mol. The van der Waals surface area contributed by atoms with Crippen molar-refractivity contribution in [2.24, 2.45) is 0 Å². The SMILES string of the molecule is C[C@@H](c1ccc(I)cc1)[C@](O)(Cn1cncn1)c1ccc(F)cc1F. The van der Waals surface area contributed by atoms with Crippen LogP contribution in [-0.4, -0.2) is 19.9 Å². The first kappa shape index (κ1) is 17.9. The Morgan fingerprint density at radius 3 is 2.52 bits per heavy atom. The van der Waals surface area contributed by atoms with Crippen LogP contribution >= 0.6 is 22.6 Å². The van der Waals surface area contributed by atoms with Crippen molar-refractivity contribution in [1.82, 2.24) is 14.8 Å². The van der Waals surface area contributed by atoms with Crippen molar-refractivity contribution in [3.63, 3.8) is 0 Å². The van der Waals surface area contributed by atoms with Gasteiger partial charge in [-0.3, -0.25) is 0 Å². The molecule has 3 aromatic rings. The zero-order valence-electron chi connectivity index (χ0n) is 13.4. The molecule has 130 valence electrons. The second-order valence-electron chi connectivity index (χ2n) is 5.91. The van der Waals surface area contributed by atoms with Gasteiger partial charge < -0.3 is 5.11 Å². The van der Waals surface area contributed by atoms with Crippen molar-refractivity contribution in [2.45, 2.75) is 25.0 Å². The molecule has 0 aliphatic heterocycles. The van der Waals surface area contributed by atoms with Crippen LogP contribution < -0.4 is 0 Å². The first-order valence-electron chi connectivity index (χ1n) is 7.66. The van der Waals surface area contributed by atoms with Gasteiger partial charge in [0.25, 0.3) is 0 Å². The van der Waals surface area contributed by atoms with E-state index in [0.29, 0.717) is 0 Å². The van der Waals surface area contributed by atoms with Gasteiger partial charge in [-0.1, -0.05) is 25.1 Å². The Morgan fingerprint density at radius 2 is 1.92 bits per heavy atom. The highest BCUT2D eigenvalue weighted by molar-refractivity contribution is 14.1. The second kappa shape index (κ2) is 7.17. The van der Waals surface area contributed by atoms with Crippen molar-refractivity contribution in [2.75, 3.05) is 0 Å².